The van der Waals surface area contributed by atoms with Crippen LogP contribution >= 0.6 is 15.9 Å². The first kappa shape index (κ1) is 11.9. The highest BCUT2D eigenvalue weighted by Crippen LogP contribution is 2.26. The van der Waals surface area contributed by atoms with Crippen molar-refractivity contribution in [3.63, 3.8) is 0 Å². The lowest BCUT2D eigenvalue weighted by Crippen LogP contribution is -2.29. The van der Waals surface area contributed by atoms with E-state index in [0.29, 0.717) is 0 Å². The molecule has 1 aliphatic heterocycles. The topological polar surface area (TPSA) is 25.4 Å². The number of anilines is 1. The van der Waals surface area contributed by atoms with Crippen molar-refractivity contribution in [2.75, 3.05) is 31.7 Å². The molecule has 1 saturated heterocycles. The van der Waals surface area contributed by atoms with Crippen LogP contribution in [0.25, 0.3) is 0 Å². The molecule has 0 unspecified atom stereocenters. The lowest BCUT2D eigenvalue weighted by Gasteiger charge is -2.28. The van der Waals surface area contributed by atoms with Gasteiger partial charge in [-0.05, 0) is 40.8 Å². The third-order valence-corrected chi connectivity index (χ3v) is 3.65. The Balaban J connectivity index is 1.96. The van der Waals surface area contributed by atoms with Crippen molar-refractivity contribution in [2.24, 2.45) is 5.92 Å². The van der Waals surface area contributed by atoms with Gasteiger partial charge in [0.15, 0.2) is 0 Å². The summed E-state index contributed by atoms with van der Waals surface area (Å²) < 4.78 is 6.43. The quantitative estimate of drug-likeness (QED) is 0.854. The van der Waals surface area contributed by atoms with Crippen LogP contribution in [-0.2, 0) is 4.74 Å². The van der Waals surface area contributed by atoms with Gasteiger partial charge in [-0.25, -0.2) is 0 Å². The highest BCUT2D eigenvalue weighted by Gasteiger charge is 2.16. The average Bonchev–Trinajstić information content (AvgIpc) is 2.31. The molecule has 1 fully saturated rings. The van der Waals surface area contributed by atoms with E-state index in [-0.39, 0.29) is 0 Å². The van der Waals surface area contributed by atoms with Crippen molar-refractivity contribution >= 4 is 21.6 Å². The van der Waals surface area contributed by atoms with Crippen LogP contribution in [0.5, 0.6) is 0 Å². The fourth-order valence-corrected chi connectivity index (χ4v) is 2.65. The third-order valence-electron chi connectivity index (χ3n) is 3.04. The Bertz CT molecular complexity index is 340. The van der Waals surface area contributed by atoms with E-state index in [9.17, 15) is 0 Å². The second kappa shape index (κ2) is 5.64. The van der Waals surface area contributed by atoms with Crippen LogP contribution in [-0.4, -0.2) is 31.8 Å². The Morgan fingerprint density at radius 2 is 2.25 bits per heavy atom. The molecule has 0 aromatic carbocycles. The molecule has 4 heteroatoms. The zero-order valence-electron chi connectivity index (χ0n) is 9.53. The second-order valence-electron chi connectivity index (χ2n) is 4.26. The molecule has 0 atom stereocenters. The van der Waals surface area contributed by atoms with Gasteiger partial charge in [-0.15, -0.1) is 0 Å². The van der Waals surface area contributed by atoms with E-state index in [1.165, 1.54) is 18.5 Å². The molecule has 16 heavy (non-hydrogen) atoms. The standard InChI is InChI=1S/C12H17BrN2O/c1-15(9-10-3-6-16-7-4-10)12-2-5-14-8-11(12)13/h2,5,8,10H,3-4,6-7,9H2,1H3. The summed E-state index contributed by atoms with van der Waals surface area (Å²) in [6.45, 7) is 2.91. The largest absolute Gasteiger partial charge is 0.381 e. The first-order valence-electron chi connectivity index (χ1n) is 5.66. The van der Waals surface area contributed by atoms with Gasteiger partial charge in [0.1, 0.15) is 0 Å². The van der Waals surface area contributed by atoms with E-state index >= 15 is 0 Å². The minimum Gasteiger partial charge on any atom is -0.381 e. The number of rotatable bonds is 3. The number of pyridine rings is 1. The van der Waals surface area contributed by atoms with Crippen LogP contribution in [0, 0.1) is 5.92 Å². The molecule has 2 rings (SSSR count). The first-order valence-corrected chi connectivity index (χ1v) is 6.45. The van der Waals surface area contributed by atoms with Gasteiger partial charge < -0.3 is 9.64 Å². The number of nitrogens with zero attached hydrogens (tertiary/aromatic N) is 2. The van der Waals surface area contributed by atoms with Gasteiger partial charge >= 0.3 is 0 Å². The maximum Gasteiger partial charge on any atom is 0.0592 e. The number of hydrogen-bond acceptors (Lipinski definition) is 3. The van der Waals surface area contributed by atoms with Crippen LogP contribution in [0.15, 0.2) is 22.9 Å². The molecule has 0 saturated carbocycles. The zero-order chi connectivity index (χ0) is 11.4. The van der Waals surface area contributed by atoms with Crippen LogP contribution in [0.4, 0.5) is 5.69 Å². The predicted molar refractivity (Wildman–Crippen MR) is 68.8 cm³/mol. The maximum absolute atomic E-state index is 5.37. The van der Waals surface area contributed by atoms with Crippen molar-refractivity contribution < 1.29 is 4.74 Å². The number of hydrogen-bond donors (Lipinski definition) is 0. The van der Waals surface area contributed by atoms with E-state index < -0.39 is 0 Å². The predicted octanol–water partition coefficient (Wildman–Crippen LogP) is 2.71. The summed E-state index contributed by atoms with van der Waals surface area (Å²) in [5, 5.41) is 0. The molecule has 0 spiro atoms. The summed E-state index contributed by atoms with van der Waals surface area (Å²) in [5.74, 6) is 0.749. The SMILES string of the molecule is CN(CC1CCOCC1)c1ccncc1Br. The van der Waals surface area contributed by atoms with Crippen LogP contribution in [0.1, 0.15) is 12.8 Å². The minimum atomic E-state index is 0.749. The monoisotopic (exact) mass is 284 g/mol. The summed E-state index contributed by atoms with van der Waals surface area (Å²) >= 11 is 3.53. The first-order chi connectivity index (χ1) is 7.77. The lowest BCUT2D eigenvalue weighted by atomic mass is 10.00. The van der Waals surface area contributed by atoms with E-state index in [1.807, 2.05) is 18.5 Å². The Morgan fingerprint density at radius 3 is 2.94 bits per heavy atom. The molecule has 1 aromatic heterocycles. The van der Waals surface area contributed by atoms with E-state index in [0.717, 1.165) is 30.1 Å². The van der Waals surface area contributed by atoms with E-state index in [4.69, 9.17) is 4.74 Å². The summed E-state index contributed by atoms with van der Waals surface area (Å²) in [5.41, 5.74) is 1.21. The summed E-state index contributed by atoms with van der Waals surface area (Å²) in [4.78, 5) is 6.37. The molecule has 0 bridgehead atoms. The molecule has 0 aliphatic carbocycles. The van der Waals surface area contributed by atoms with E-state index in [1.54, 1.807) is 0 Å². The van der Waals surface area contributed by atoms with Crippen LogP contribution in [0.2, 0.25) is 0 Å². The van der Waals surface area contributed by atoms with Gasteiger partial charge in [0.25, 0.3) is 0 Å². The number of halogens is 1. The molecule has 0 amide bonds. The van der Waals surface area contributed by atoms with Gasteiger partial charge in [-0.2, -0.15) is 0 Å². The fraction of sp³-hybridized carbons (Fsp3) is 0.583. The smallest absolute Gasteiger partial charge is 0.0592 e. The Morgan fingerprint density at radius 1 is 1.50 bits per heavy atom. The van der Waals surface area contributed by atoms with E-state index in [2.05, 4.69) is 32.9 Å². The van der Waals surface area contributed by atoms with Crippen molar-refractivity contribution in [3.05, 3.63) is 22.9 Å². The summed E-state index contributed by atoms with van der Waals surface area (Å²) in [6.07, 6.45) is 6.02. The van der Waals surface area contributed by atoms with Gasteiger partial charge in [0, 0.05) is 39.2 Å². The molecule has 2 heterocycles. The van der Waals surface area contributed by atoms with Crippen molar-refractivity contribution in [2.45, 2.75) is 12.8 Å². The van der Waals surface area contributed by atoms with Gasteiger partial charge in [-0.3, -0.25) is 4.98 Å². The molecule has 0 radical (unpaired) electrons. The molecule has 1 aromatic rings. The fourth-order valence-electron chi connectivity index (χ4n) is 2.09. The van der Waals surface area contributed by atoms with Crippen LogP contribution in [0.3, 0.4) is 0 Å². The van der Waals surface area contributed by atoms with Gasteiger partial charge in [-0.1, -0.05) is 0 Å². The second-order valence-corrected chi connectivity index (χ2v) is 5.12. The Labute approximate surface area is 105 Å². The number of aromatic nitrogens is 1. The average molecular weight is 285 g/mol. The normalized spacial score (nSPS) is 17.4. The molecule has 1 aliphatic rings. The van der Waals surface area contributed by atoms with Crippen LogP contribution < -0.4 is 4.90 Å². The highest BCUT2D eigenvalue weighted by molar-refractivity contribution is 9.10. The third kappa shape index (κ3) is 2.95. The summed E-state index contributed by atoms with van der Waals surface area (Å²) in [6, 6.07) is 2.05. The molecular weight excluding hydrogens is 268 g/mol. The summed E-state index contributed by atoms with van der Waals surface area (Å²) in [7, 11) is 2.13. The van der Waals surface area contributed by atoms with Crippen molar-refractivity contribution in [1.29, 1.82) is 0 Å². The molecule has 88 valence electrons. The van der Waals surface area contributed by atoms with Gasteiger partial charge in [0.05, 0.1) is 10.2 Å². The van der Waals surface area contributed by atoms with Crippen molar-refractivity contribution in [3.8, 4) is 0 Å². The highest BCUT2D eigenvalue weighted by atomic mass is 79.9. The Hall–Kier alpha value is -0.610. The Kier molecular flexibility index (Phi) is 4.18. The maximum atomic E-state index is 5.37. The molecule has 3 nitrogen and oxygen atoms in total. The zero-order valence-corrected chi connectivity index (χ0v) is 11.1. The molecule has 0 N–H and O–H groups in total. The minimum absolute atomic E-state index is 0.749. The van der Waals surface area contributed by atoms with Gasteiger partial charge in [0.2, 0.25) is 0 Å². The lowest BCUT2D eigenvalue weighted by molar-refractivity contribution is 0.0685. The van der Waals surface area contributed by atoms with Crippen molar-refractivity contribution in [1.82, 2.24) is 4.98 Å². The number of ether oxygens (including phenoxy) is 1. The molecular formula is C12H17BrN2O.